The zero-order chi connectivity index (χ0) is 20.5. The summed E-state index contributed by atoms with van der Waals surface area (Å²) >= 11 is 0. The average Bonchev–Trinajstić information content (AvgIpc) is 3.14. The monoisotopic (exact) mass is 404 g/mol. The lowest BCUT2D eigenvalue weighted by molar-refractivity contribution is -0.549. The van der Waals surface area contributed by atoms with Crippen molar-refractivity contribution >= 4 is 18.0 Å². The number of oxazole rings is 1. The highest BCUT2D eigenvalue weighted by atomic mass is 19.1. The van der Waals surface area contributed by atoms with Crippen LogP contribution in [0.3, 0.4) is 0 Å². The van der Waals surface area contributed by atoms with Gasteiger partial charge in [-0.25, -0.2) is 9.37 Å². The molecule has 6 nitrogen and oxygen atoms in total. The van der Waals surface area contributed by atoms with E-state index in [-0.39, 0.29) is 17.7 Å². The predicted molar refractivity (Wildman–Crippen MR) is 109 cm³/mol. The number of benzene rings is 2. The first kappa shape index (κ1) is 18.4. The fourth-order valence-corrected chi connectivity index (χ4v) is 3.54. The van der Waals surface area contributed by atoms with Crippen molar-refractivity contribution in [2.24, 2.45) is 4.99 Å². The molecule has 2 aliphatic rings. The van der Waals surface area contributed by atoms with E-state index in [2.05, 4.69) is 9.56 Å². The average molecular weight is 404 g/mol. The Morgan fingerprint density at radius 1 is 1.03 bits per heavy atom. The minimum absolute atomic E-state index is 0.223. The van der Waals surface area contributed by atoms with Crippen molar-refractivity contribution in [3.8, 4) is 17.4 Å². The van der Waals surface area contributed by atoms with Crippen LogP contribution in [0, 0.1) is 5.82 Å². The number of ether oxygens (including phenoxy) is 1. The van der Waals surface area contributed by atoms with Gasteiger partial charge in [0.15, 0.2) is 5.36 Å². The Labute approximate surface area is 171 Å². The lowest BCUT2D eigenvalue weighted by Gasteiger charge is -2.16. The van der Waals surface area contributed by atoms with Crippen molar-refractivity contribution in [2.45, 2.75) is 0 Å². The highest BCUT2D eigenvalue weighted by Gasteiger charge is 2.24. The lowest BCUT2D eigenvalue weighted by atomic mass is 10.1. The maximum atomic E-state index is 13.2. The quantitative estimate of drug-likeness (QED) is 0.665. The van der Waals surface area contributed by atoms with E-state index in [1.807, 2.05) is 30.3 Å². The summed E-state index contributed by atoms with van der Waals surface area (Å²) in [4.78, 5) is 9.26. The second kappa shape index (κ2) is 7.68. The summed E-state index contributed by atoms with van der Waals surface area (Å²) in [5, 5.41) is 12.2. The first-order valence-electron chi connectivity index (χ1n) is 9.70. The molecule has 0 radical (unpaired) electrons. The molecule has 0 bridgehead atoms. The molecule has 1 fully saturated rings. The third kappa shape index (κ3) is 3.55. The number of morpholine rings is 1. The largest absolute Gasteiger partial charge is 0.479 e. The molecule has 2 aliphatic heterocycles. The number of hydrogen-bond acceptors (Lipinski definition) is 4. The second-order valence-corrected chi connectivity index (χ2v) is 7.05. The molecule has 3 heterocycles. The fraction of sp³-hybridized carbons (Fsp3) is 0.174. The van der Waals surface area contributed by atoms with Crippen LogP contribution in [0.5, 0.6) is 5.95 Å². The van der Waals surface area contributed by atoms with Gasteiger partial charge in [-0.3, -0.25) is 4.58 Å². The topological polar surface area (TPSA) is 70.9 Å². The smallest absolute Gasteiger partial charge is 0.326 e. The Hall–Kier alpha value is -3.58. The molecule has 0 saturated carbocycles. The summed E-state index contributed by atoms with van der Waals surface area (Å²) < 4.78 is 26.3. The number of rotatable bonds is 2. The second-order valence-electron chi connectivity index (χ2n) is 7.05. The fourth-order valence-electron chi connectivity index (χ4n) is 3.54. The molecule has 0 unspecified atom stereocenters. The summed E-state index contributed by atoms with van der Waals surface area (Å²) in [7, 11) is 0. The Bertz CT molecular complexity index is 1280. The third-order valence-corrected chi connectivity index (χ3v) is 5.06. The number of amidine groups is 1. The van der Waals surface area contributed by atoms with Gasteiger partial charge in [-0.1, -0.05) is 18.2 Å². The van der Waals surface area contributed by atoms with E-state index < -0.39 is 0 Å². The highest BCUT2D eigenvalue weighted by molar-refractivity contribution is 6.08. The summed E-state index contributed by atoms with van der Waals surface area (Å²) in [6.45, 7) is 2.74. The minimum Gasteiger partial charge on any atom is -0.479 e. The van der Waals surface area contributed by atoms with Gasteiger partial charge < -0.3 is 14.3 Å². The van der Waals surface area contributed by atoms with Crippen molar-refractivity contribution in [1.82, 2.24) is 4.98 Å². The Morgan fingerprint density at radius 3 is 2.60 bits per heavy atom. The van der Waals surface area contributed by atoms with E-state index >= 15 is 0 Å². The summed E-state index contributed by atoms with van der Waals surface area (Å²) in [6, 6.07) is 13.6. The van der Waals surface area contributed by atoms with Crippen molar-refractivity contribution in [3.05, 3.63) is 76.2 Å². The molecule has 0 spiro atoms. The molecular formula is C23H19FN3O3+. The number of hydrogen-bond donors (Lipinski definition) is 1. The van der Waals surface area contributed by atoms with Gasteiger partial charge in [0.1, 0.15) is 24.6 Å². The molecule has 5 rings (SSSR count). The van der Waals surface area contributed by atoms with E-state index in [1.165, 1.54) is 12.1 Å². The number of aromatic hydroxyl groups is 1. The van der Waals surface area contributed by atoms with Gasteiger partial charge in [0.2, 0.25) is 5.89 Å². The van der Waals surface area contributed by atoms with Gasteiger partial charge in [0, 0.05) is 10.8 Å². The van der Waals surface area contributed by atoms with Gasteiger partial charge in [0.05, 0.1) is 18.8 Å². The van der Waals surface area contributed by atoms with Gasteiger partial charge >= 0.3 is 11.8 Å². The first-order chi connectivity index (χ1) is 14.7. The van der Waals surface area contributed by atoms with Gasteiger partial charge in [-0.2, -0.15) is 0 Å². The molecule has 30 heavy (non-hydrogen) atoms. The molecule has 0 aliphatic carbocycles. The Kier molecular flexibility index (Phi) is 4.72. The van der Waals surface area contributed by atoms with E-state index in [1.54, 1.807) is 18.2 Å². The van der Waals surface area contributed by atoms with Gasteiger partial charge in [-0.15, -0.1) is 0 Å². The standard InChI is InChI=1S/C23H18FN3O3/c24-18-7-5-15(6-8-18)22-26-20(23(28)30-22)14-17-13-16-3-1-2-4-19(16)25-21(17)27-9-11-29-12-10-27/h1-8,13-14H,9-12H2/p+1. The third-order valence-electron chi connectivity index (χ3n) is 5.06. The van der Waals surface area contributed by atoms with E-state index in [0.717, 1.165) is 35.1 Å². The maximum Gasteiger partial charge on any atom is 0.326 e. The molecule has 0 atom stereocenters. The van der Waals surface area contributed by atoms with Crippen LogP contribution in [0.1, 0.15) is 5.69 Å². The zero-order valence-corrected chi connectivity index (χ0v) is 16.1. The molecule has 3 aromatic rings. The van der Waals surface area contributed by atoms with Crippen LogP contribution in [0.2, 0.25) is 0 Å². The number of para-hydroxylation sites is 1. The van der Waals surface area contributed by atoms with Crippen molar-refractivity contribution < 1.29 is 23.2 Å². The summed E-state index contributed by atoms with van der Waals surface area (Å²) in [5.41, 5.74) is 1.70. The number of halogens is 1. The van der Waals surface area contributed by atoms with Crippen molar-refractivity contribution in [1.29, 1.82) is 0 Å². The molecule has 150 valence electrons. The number of aromatic nitrogens is 1. The summed E-state index contributed by atoms with van der Waals surface area (Å²) in [5.74, 6) is 0.386. The molecule has 0 amide bonds. The molecular weight excluding hydrogens is 385 g/mol. The number of fused-ring (bicyclic) bond motifs is 1. The van der Waals surface area contributed by atoms with Crippen LogP contribution in [0.25, 0.3) is 23.6 Å². The SMILES string of the molecule is Oc1oc(-c2ccc(F)cc2)nc1/C=C1\C=c2ccccc2=NC1=[N+]1CCOCC1. The minimum atomic E-state index is -0.348. The first-order valence-corrected chi connectivity index (χ1v) is 9.70. The molecule has 7 heteroatoms. The van der Waals surface area contributed by atoms with Crippen LogP contribution in [-0.2, 0) is 4.74 Å². The van der Waals surface area contributed by atoms with Crippen LogP contribution in [-0.4, -0.2) is 46.8 Å². The van der Waals surface area contributed by atoms with Crippen molar-refractivity contribution in [3.63, 3.8) is 0 Å². The highest BCUT2D eigenvalue weighted by Crippen LogP contribution is 2.28. The van der Waals surface area contributed by atoms with E-state index in [4.69, 9.17) is 14.1 Å². The summed E-state index contributed by atoms with van der Waals surface area (Å²) in [6.07, 6.45) is 3.79. The van der Waals surface area contributed by atoms with Crippen LogP contribution < -0.4 is 10.6 Å². The zero-order valence-electron chi connectivity index (χ0n) is 16.1. The number of nitrogens with zero attached hydrogens (tertiary/aromatic N) is 3. The molecule has 1 saturated heterocycles. The van der Waals surface area contributed by atoms with E-state index in [0.29, 0.717) is 24.5 Å². The maximum absolute atomic E-state index is 13.2. The molecule has 1 aromatic heterocycles. The van der Waals surface area contributed by atoms with Crippen molar-refractivity contribution in [2.75, 3.05) is 26.3 Å². The Morgan fingerprint density at radius 2 is 1.80 bits per heavy atom. The lowest BCUT2D eigenvalue weighted by Crippen LogP contribution is -2.38. The normalized spacial score (nSPS) is 17.4. The van der Waals surface area contributed by atoms with Gasteiger partial charge in [-0.05, 0) is 47.5 Å². The molecule has 2 aromatic carbocycles. The van der Waals surface area contributed by atoms with Crippen LogP contribution >= 0.6 is 0 Å². The van der Waals surface area contributed by atoms with Gasteiger partial charge in [0.25, 0.3) is 0 Å². The predicted octanol–water partition coefficient (Wildman–Crippen LogP) is 2.12. The Balaban J connectivity index is 1.62. The van der Waals surface area contributed by atoms with Crippen LogP contribution in [0.15, 0.2) is 63.5 Å². The van der Waals surface area contributed by atoms with E-state index in [9.17, 15) is 9.50 Å². The van der Waals surface area contributed by atoms with Crippen LogP contribution in [0.4, 0.5) is 4.39 Å². The molecule has 1 N–H and O–H groups in total.